The second kappa shape index (κ2) is 3.65. The first-order valence-electron chi connectivity index (χ1n) is 3.91. The molecule has 1 aromatic rings. The van der Waals surface area contributed by atoms with Crippen molar-refractivity contribution in [3.63, 3.8) is 0 Å². The molecule has 0 aliphatic heterocycles. The van der Waals surface area contributed by atoms with E-state index in [2.05, 4.69) is 18.4 Å². The van der Waals surface area contributed by atoms with Gasteiger partial charge in [-0.1, -0.05) is 24.0 Å². The van der Waals surface area contributed by atoms with Gasteiger partial charge in [0.05, 0.1) is 0 Å². The summed E-state index contributed by atoms with van der Waals surface area (Å²) >= 11 is 0. The molecule has 0 heterocycles. The van der Waals surface area contributed by atoms with E-state index in [0.29, 0.717) is 0 Å². The fraction of sp³-hybridized carbons (Fsp3) is 0.0769. The van der Waals surface area contributed by atoms with Gasteiger partial charge in [0.25, 0.3) is 0 Å². The number of allylic oxidation sites excluding steroid dienone is 1. The molecule has 13 heavy (non-hydrogen) atoms. The van der Waals surface area contributed by atoms with E-state index in [4.69, 9.17) is 12.8 Å². The molecule has 0 radical (unpaired) electrons. The molecule has 1 rings (SSSR count). The van der Waals surface area contributed by atoms with Crippen LogP contribution in [0.25, 0.3) is 5.57 Å². The van der Waals surface area contributed by atoms with Crippen LogP contribution in [0.5, 0.6) is 0 Å². The van der Waals surface area contributed by atoms with E-state index in [-0.39, 0.29) is 0 Å². The first-order chi connectivity index (χ1) is 6.17. The van der Waals surface area contributed by atoms with Crippen LogP contribution < -0.4 is 0 Å². The molecule has 0 N–H and O–H groups in total. The molecule has 0 amide bonds. The molecule has 0 bridgehead atoms. The number of terminal acetylenes is 2. The van der Waals surface area contributed by atoms with Gasteiger partial charge in [-0.15, -0.1) is 12.8 Å². The summed E-state index contributed by atoms with van der Waals surface area (Å²) in [5, 5.41) is 0. The van der Waals surface area contributed by atoms with Gasteiger partial charge < -0.3 is 0 Å². The maximum atomic E-state index is 5.29. The third kappa shape index (κ3) is 2.01. The van der Waals surface area contributed by atoms with Crippen molar-refractivity contribution >= 4 is 5.57 Å². The van der Waals surface area contributed by atoms with E-state index in [0.717, 1.165) is 22.3 Å². The molecule has 0 aromatic heterocycles. The zero-order valence-electron chi connectivity index (χ0n) is 7.59. The summed E-state index contributed by atoms with van der Waals surface area (Å²) in [5.41, 5.74) is 3.57. The molecule has 0 heteroatoms. The normalized spacial score (nSPS) is 8.54. The number of rotatable bonds is 1. The minimum Gasteiger partial charge on any atom is -0.115 e. The van der Waals surface area contributed by atoms with Crippen LogP contribution in [0.3, 0.4) is 0 Å². The van der Waals surface area contributed by atoms with E-state index < -0.39 is 0 Å². The first-order valence-corrected chi connectivity index (χ1v) is 3.91. The van der Waals surface area contributed by atoms with Gasteiger partial charge in [0, 0.05) is 11.1 Å². The average molecular weight is 166 g/mol. The SMILES string of the molecule is C#Cc1cc(C#C)cc(C(=C)C)c1. The van der Waals surface area contributed by atoms with Gasteiger partial charge in [0.15, 0.2) is 0 Å². The molecular weight excluding hydrogens is 156 g/mol. The van der Waals surface area contributed by atoms with Gasteiger partial charge in [-0.05, 0) is 30.7 Å². The highest BCUT2D eigenvalue weighted by molar-refractivity contribution is 5.65. The Morgan fingerprint density at radius 3 is 1.92 bits per heavy atom. The van der Waals surface area contributed by atoms with Crippen LogP contribution in [0.4, 0.5) is 0 Å². The van der Waals surface area contributed by atoms with E-state index in [1.54, 1.807) is 0 Å². The Bertz CT molecular complexity index is 390. The molecule has 62 valence electrons. The summed E-state index contributed by atoms with van der Waals surface area (Å²) in [6.07, 6.45) is 10.6. The number of hydrogen-bond acceptors (Lipinski definition) is 0. The smallest absolute Gasteiger partial charge is 0.0261 e. The van der Waals surface area contributed by atoms with E-state index in [9.17, 15) is 0 Å². The van der Waals surface area contributed by atoms with Crippen LogP contribution in [0.1, 0.15) is 23.6 Å². The summed E-state index contributed by atoms with van der Waals surface area (Å²) in [5.74, 6) is 5.12. The highest BCUT2D eigenvalue weighted by Crippen LogP contribution is 2.15. The van der Waals surface area contributed by atoms with Crippen molar-refractivity contribution < 1.29 is 0 Å². The third-order valence-electron chi connectivity index (χ3n) is 1.76. The van der Waals surface area contributed by atoms with Crippen molar-refractivity contribution in [2.75, 3.05) is 0 Å². The molecule has 0 spiro atoms. The lowest BCUT2D eigenvalue weighted by molar-refractivity contribution is 1.52. The molecule has 0 saturated heterocycles. The van der Waals surface area contributed by atoms with Crippen LogP contribution in [0, 0.1) is 24.7 Å². The Hall–Kier alpha value is -1.92. The molecule has 0 aliphatic rings. The fourth-order valence-corrected chi connectivity index (χ4v) is 1.04. The van der Waals surface area contributed by atoms with Crippen LogP contribution in [-0.2, 0) is 0 Å². The third-order valence-corrected chi connectivity index (χ3v) is 1.76. The zero-order valence-corrected chi connectivity index (χ0v) is 7.59. The average Bonchev–Trinajstić information content (AvgIpc) is 2.16. The summed E-state index contributed by atoms with van der Waals surface area (Å²) in [6, 6.07) is 5.62. The van der Waals surface area contributed by atoms with Crippen molar-refractivity contribution in [3.05, 3.63) is 41.5 Å². The predicted octanol–water partition coefficient (Wildman–Crippen LogP) is 2.68. The topological polar surface area (TPSA) is 0 Å². The second-order valence-corrected chi connectivity index (χ2v) is 2.87. The molecular formula is C13H10. The Morgan fingerprint density at radius 1 is 1.15 bits per heavy atom. The zero-order chi connectivity index (χ0) is 9.84. The molecule has 0 nitrogen and oxygen atoms in total. The predicted molar refractivity (Wildman–Crippen MR) is 57.0 cm³/mol. The Balaban J connectivity index is 3.35. The number of benzene rings is 1. The van der Waals surface area contributed by atoms with Crippen molar-refractivity contribution in [3.8, 4) is 24.7 Å². The highest BCUT2D eigenvalue weighted by Gasteiger charge is 1.97. The van der Waals surface area contributed by atoms with Gasteiger partial charge >= 0.3 is 0 Å². The Labute approximate surface area is 79.3 Å². The maximum absolute atomic E-state index is 5.29. The lowest BCUT2D eigenvalue weighted by atomic mass is 10.0. The summed E-state index contributed by atoms with van der Waals surface area (Å²) < 4.78 is 0. The molecule has 1 aromatic carbocycles. The number of hydrogen-bond donors (Lipinski definition) is 0. The first kappa shape index (κ1) is 9.17. The van der Waals surface area contributed by atoms with Gasteiger partial charge in [-0.25, -0.2) is 0 Å². The summed E-state index contributed by atoms with van der Waals surface area (Å²) in [4.78, 5) is 0. The lowest BCUT2D eigenvalue weighted by Crippen LogP contribution is -1.84. The van der Waals surface area contributed by atoms with Crippen LogP contribution in [-0.4, -0.2) is 0 Å². The van der Waals surface area contributed by atoms with Crippen molar-refractivity contribution in [2.45, 2.75) is 6.92 Å². The minimum absolute atomic E-state index is 0.799. The van der Waals surface area contributed by atoms with E-state index >= 15 is 0 Å². The largest absolute Gasteiger partial charge is 0.115 e. The van der Waals surface area contributed by atoms with E-state index in [1.807, 2.05) is 25.1 Å². The van der Waals surface area contributed by atoms with Crippen molar-refractivity contribution in [1.29, 1.82) is 0 Å². The molecule has 0 unspecified atom stereocenters. The van der Waals surface area contributed by atoms with Crippen LogP contribution >= 0.6 is 0 Å². The maximum Gasteiger partial charge on any atom is 0.0261 e. The Kier molecular flexibility index (Phi) is 2.58. The van der Waals surface area contributed by atoms with Gasteiger partial charge in [0.2, 0.25) is 0 Å². The Morgan fingerprint density at radius 2 is 1.62 bits per heavy atom. The van der Waals surface area contributed by atoms with Gasteiger partial charge in [-0.2, -0.15) is 0 Å². The lowest BCUT2D eigenvalue weighted by Gasteiger charge is -2.01. The highest BCUT2D eigenvalue weighted by atomic mass is 14.0. The molecule has 0 aliphatic carbocycles. The minimum atomic E-state index is 0.799. The molecule has 0 saturated carbocycles. The quantitative estimate of drug-likeness (QED) is 0.563. The van der Waals surface area contributed by atoms with Crippen molar-refractivity contribution in [1.82, 2.24) is 0 Å². The van der Waals surface area contributed by atoms with Gasteiger partial charge in [-0.3, -0.25) is 0 Å². The molecule has 0 atom stereocenters. The summed E-state index contributed by atoms with van der Waals surface area (Å²) in [6.45, 7) is 5.77. The van der Waals surface area contributed by atoms with Crippen LogP contribution in [0.15, 0.2) is 24.8 Å². The molecule has 0 fully saturated rings. The second-order valence-electron chi connectivity index (χ2n) is 2.87. The standard InChI is InChI=1S/C13H10/c1-5-11-7-12(6-2)9-13(8-11)10(3)4/h1-2,7-9H,3H2,4H3. The fourth-order valence-electron chi connectivity index (χ4n) is 1.04. The van der Waals surface area contributed by atoms with Gasteiger partial charge in [0.1, 0.15) is 0 Å². The summed E-state index contributed by atoms with van der Waals surface area (Å²) in [7, 11) is 0. The van der Waals surface area contributed by atoms with Crippen LogP contribution in [0.2, 0.25) is 0 Å². The van der Waals surface area contributed by atoms with Crippen molar-refractivity contribution in [2.24, 2.45) is 0 Å². The van der Waals surface area contributed by atoms with E-state index in [1.165, 1.54) is 0 Å². The monoisotopic (exact) mass is 166 g/mol.